The summed E-state index contributed by atoms with van der Waals surface area (Å²) in [5, 5.41) is 3.19. The predicted octanol–water partition coefficient (Wildman–Crippen LogP) is 4.23. The van der Waals surface area contributed by atoms with Crippen LogP contribution in [0.2, 0.25) is 0 Å². The first-order chi connectivity index (χ1) is 12.2. The zero-order chi connectivity index (χ0) is 17.2. The first kappa shape index (κ1) is 16.1. The Morgan fingerprint density at radius 1 is 1.16 bits per heavy atom. The van der Waals surface area contributed by atoms with E-state index in [-0.39, 0.29) is 5.91 Å². The predicted molar refractivity (Wildman–Crippen MR) is 100 cm³/mol. The van der Waals surface area contributed by atoms with Gasteiger partial charge in [-0.2, -0.15) is 0 Å². The lowest BCUT2D eigenvalue weighted by Gasteiger charge is -2.26. The van der Waals surface area contributed by atoms with E-state index in [9.17, 15) is 4.79 Å². The molecule has 2 aliphatic rings. The van der Waals surface area contributed by atoms with Crippen LogP contribution in [0.25, 0.3) is 0 Å². The molecule has 1 fully saturated rings. The van der Waals surface area contributed by atoms with Crippen molar-refractivity contribution in [2.75, 3.05) is 4.90 Å². The van der Waals surface area contributed by atoms with Crippen LogP contribution in [0, 0.1) is 0 Å². The number of hydrogen-bond acceptors (Lipinski definition) is 3. The molecular weight excluding hydrogens is 310 g/mol. The van der Waals surface area contributed by atoms with Gasteiger partial charge in [-0.1, -0.05) is 37.5 Å². The van der Waals surface area contributed by atoms with E-state index in [1.54, 1.807) is 6.20 Å². The maximum absolute atomic E-state index is 12.6. The van der Waals surface area contributed by atoms with E-state index >= 15 is 0 Å². The average molecular weight is 335 g/mol. The molecule has 4 rings (SSSR count). The number of aromatic nitrogens is 1. The Morgan fingerprint density at radius 2 is 1.96 bits per heavy atom. The van der Waals surface area contributed by atoms with Crippen molar-refractivity contribution >= 4 is 17.3 Å². The fourth-order valence-electron chi connectivity index (χ4n) is 4.16. The molecule has 4 heteroatoms. The summed E-state index contributed by atoms with van der Waals surface area (Å²) in [5.41, 5.74) is 4.22. The first-order valence-electron chi connectivity index (χ1n) is 9.35. The molecule has 0 radical (unpaired) electrons. The monoisotopic (exact) mass is 335 g/mol. The number of hydrogen-bond donors (Lipinski definition) is 1. The molecule has 25 heavy (non-hydrogen) atoms. The second kappa shape index (κ2) is 6.87. The number of fused-ring (bicyclic) bond motifs is 1. The van der Waals surface area contributed by atoms with Gasteiger partial charge in [-0.05, 0) is 43.9 Å². The lowest BCUT2D eigenvalue weighted by molar-refractivity contribution is 0.0927. The van der Waals surface area contributed by atoms with E-state index in [4.69, 9.17) is 0 Å². The number of amides is 1. The van der Waals surface area contributed by atoms with Gasteiger partial charge >= 0.3 is 0 Å². The van der Waals surface area contributed by atoms with E-state index in [0.29, 0.717) is 17.6 Å². The summed E-state index contributed by atoms with van der Waals surface area (Å²) < 4.78 is 0. The molecule has 2 heterocycles. The van der Waals surface area contributed by atoms with Crippen molar-refractivity contribution < 1.29 is 4.79 Å². The molecule has 1 aliphatic heterocycles. The Hall–Kier alpha value is -2.36. The van der Waals surface area contributed by atoms with Crippen LogP contribution in [0.1, 0.15) is 54.9 Å². The second-order valence-corrected chi connectivity index (χ2v) is 7.29. The number of carbonyl (C=O) groups is 1. The number of pyridine rings is 1. The summed E-state index contributed by atoms with van der Waals surface area (Å²) in [6, 6.07) is 11.1. The summed E-state index contributed by atoms with van der Waals surface area (Å²) in [5.74, 6) is 0.00128. The molecule has 1 aromatic carbocycles. The van der Waals surface area contributed by atoms with Crippen molar-refractivity contribution in [1.29, 1.82) is 0 Å². The van der Waals surface area contributed by atoms with Gasteiger partial charge in [0.25, 0.3) is 5.91 Å². The maximum atomic E-state index is 12.6. The van der Waals surface area contributed by atoms with Gasteiger partial charge in [0, 0.05) is 24.0 Å². The highest BCUT2D eigenvalue weighted by Crippen LogP contribution is 2.37. The first-order valence-corrected chi connectivity index (χ1v) is 9.35. The molecule has 1 aromatic heterocycles. The van der Waals surface area contributed by atoms with E-state index in [2.05, 4.69) is 46.4 Å². The summed E-state index contributed by atoms with van der Waals surface area (Å²) in [4.78, 5) is 19.3. The minimum absolute atomic E-state index is 0.00128. The summed E-state index contributed by atoms with van der Waals surface area (Å²) in [7, 11) is 0. The Labute approximate surface area is 149 Å². The Kier molecular flexibility index (Phi) is 4.43. The van der Waals surface area contributed by atoms with Crippen LogP contribution in [0.3, 0.4) is 0 Å². The van der Waals surface area contributed by atoms with Crippen LogP contribution >= 0.6 is 0 Å². The van der Waals surface area contributed by atoms with Gasteiger partial charge in [-0.3, -0.25) is 9.78 Å². The standard InChI is InChI=1S/C21H25N3O/c1-15-11-16-7-5-6-10-20(16)24(15)19-12-17(13-22-14-19)21(25)23-18-8-3-2-4-9-18/h5-7,10,12-15,18H,2-4,8-9,11H2,1H3,(H,23,25). The van der Waals surface area contributed by atoms with Gasteiger partial charge in [0.15, 0.2) is 0 Å². The van der Waals surface area contributed by atoms with Crippen molar-refractivity contribution in [3.05, 3.63) is 53.9 Å². The van der Waals surface area contributed by atoms with Crippen molar-refractivity contribution in [3.8, 4) is 0 Å². The van der Waals surface area contributed by atoms with Crippen molar-refractivity contribution in [1.82, 2.24) is 10.3 Å². The minimum Gasteiger partial charge on any atom is -0.349 e. The van der Waals surface area contributed by atoms with Crippen molar-refractivity contribution in [2.45, 2.75) is 57.5 Å². The molecule has 4 nitrogen and oxygen atoms in total. The summed E-state index contributed by atoms with van der Waals surface area (Å²) in [6.07, 6.45) is 10.5. The number of nitrogens with one attached hydrogen (secondary N) is 1. The molecule has 1 atom stereocenters. The van der Waals surface area contributed by atoms with E-state index in [0.717, 1.165) is 24.9 Å². The van der Waals surface area contributed by atoms with E-state index in [1.807, 2.05) is 12.3 Å². The highest BCUT2D eigenvalue weighted by atomic mass is 16.1. The topological polar surface area (TPSA) is 45.2 Å². The molecule has 0 spiro atoms. The van der Waals surface area contributed by atoms with E-state index in [1.165, 1.54) is 30.5 Å². The third kappa shape index (κ3) is 3.26. The minimum atomic E-state index is 0.00128. The van der Waals surface area contributed by atoms with Crippen LogP contribution in [0.5, 0.6) is 0 Å². The number of rotatable bonds is 3. The lowest BCUT2D eigenvalue weighted by atomic mass is 9.95. The lowest BCUT2D eigenvalue weighted by Crippen LogP contribution is -2.36. The number of para-hydroxylation sites is 1. The largest absolute Gasteiger partial charge is 0.349 e. The zero-order valence-corrected chi connectivity index (χ0v) is 14.7. The number of nitrogens with zero attached hydrogens (tertiary/aromatic N) is 2. The van der Waals surface area contributed by atoms with Gasteiger partial charge in [-0.15, -0.1) is 0 Å². The van der Waals surface area contributed by atoms with Gasteiger partial charge in [0.2, 0.25) is 0 Å². The fourth-order valence-corrected chi connectivity index (χ4v) is 4.16. The maximum Gasteiger partial charge on any atom is 0.253 e. The quantitative estimate of drug-likeness (QED) is 0.913. The number of carbonyl (C=O) groups excluding carboxylic acids is 1. The normalized spacial score (nSPS) is 20.4. The second-order valence-electron chi connectivity index (χ2n) is 7.29. The van der Waals surface area contributed by atoms with Crippen LogP contribution in [0.15, 0.2) is 42.7 Å². The Bertz CT molecular complexity index is 767. The molecule has 130 valence electrons. The van der Waals surface area contributed by atoms with Crippen LogP contribution in [-0.4, -0.2) is 23.0 Å². The molecule has 1 unspecified atom stereocenters. The van der Waals surface area contributed by atoms with Crippen LogP contribution < -0.4 is 10.2 Å². The third-order valence-corrected chi connectivity index (χ3v) is 5.41. The van der Waals surface area contributed by atoms with Crippen LogP contribution in [0.4, 0.5) is 11.4 Å². The molecule has 1 amide bonds. The highest BCUT2D eigenvalue weighted by Gasteiger charge is 2.27. The Balaban J connectivity index is 1.56. The highest BCUT2D eigenvalue weighted by molar-refractivity contribution is 5.95. The molecule has 1 aliphatic carbocycles. The number of anilines is 2. The summed E-state index contributed by atoms with van der Waals surface area (Å²) >= 11 is 0. The van der Waals surface area contributed by atoms with Gasteiger partial charge in [0.05, 0.1) is 17.4 Å². The van der Waals surface area contributed by atoms with Crippen LogP contribution in [-0.2, 0) is 6.42 Å². The zero-order valence-electron chi connectivity index (χ0n) is 14.7. The molecular formula is C21H25N3O. The van der Waals surface area contributed by atoms with Crippen molar-refractivity contribution in [2.24, 2.45) is 0 Å². The number of benzene rings is 1. The third-order valence-electron chi connectivity index (χ3n) is 5.41. The van der Waals surface area contributed by atoms with Gasteiger partial charge < -0.3 is 10.2 Å². The van der Waals surface area contributed by atoms with Crippen molar-refractivity contribution in [3.63, 3.8) is 0 Å². The smallest absolute Gasteiger partial charge is 0.253 e. The Morgan fingerprint density at radius 3 is 2.80 bits per heavy atom. The molecule has 2 aromatic rings. The van der Waals surface area contributed by atoms with Gasteiger partial charge in [0.1, 0.15) is 0 Å². The molecule has 0 bridgehead atoms. The summed E-state index contributed by atoms with van der Waals surface area (Å²) in [6.45, 7) is 2.22. The SMILES string of the molecule is CC1Cc2ccccc2N1c1cncc(C(=O)NC2CCCCC2)c1. The van der Waals surface area contributed by atoms with E-state index < -0.39 is 0 Å². The average Bonchev–Trinajstić information content (AvgIpc) is 2.98. The molecule has 0 saturated heterocycles. The molecule has 1 saturated carbocycles. The molecule has 1 N–H and O–H groups in total. The fraction of sp³-hybridized carbons (Fsp3) is 0.429. The van der Waals surface area contributed by atoms with Gasteiger partial charge in [-0.25, -0.2) is 0 Å².